The third-order valence-corrected chi connectivity index (χ3v) is 4.71. The minimum absolute atomic E-state index is 0.0126. The van der Waals surface area contributed by atoms with Crippen LogP contribution in [0.1, 0.15) is 25.7 Å². The summed E-state index contributed by atoms with van der Waals surface area (Å²) in [6, 6.07) is -0.136. The van der Waals surface area contributed by atoms with Crippen molar-refractivity contribution in [2.24, 2.45) is 0 Å². The van der Waals surface area contributed by atoms with E-state index in [4.69, 9.17) is 0 Å². The Kier molecular flexibility index (Phi) is 6.69. The molecule has 2 fully saturated rings. The zero-order valence-corrected chi connectivity index (χ0v) is 13.7. The highest BCUT2D eigenvalue weighted by Gasteiger charge is 2.27. The van der Waals surface area contributed by atoms with Crippen molar-refractivity contribution in [2.45, 2.75) is 31.7 Å². The molecule has 1 aliphatic heterocycles. The second-order valence-corrected chi connectivity index (χ2v) is 6.58. The van der Waals surface area contributed by atoms with E-state index in [1.54, 1.807) is 0 Å². The van der Waals surface area contributed by atoms with Gasteiger partial charge < -0.3 is 16.0 Å². The van der Waals surface area contributed by atoms with Gasteiger partial charge in [-0.2, -0.15) is 0 Å². The van der Waals surface area contributed by atoms with Crippen LogP contribution < -0.4 is 16.0 Å². The summed E-state index contributed by atoms with van der Waals surface area (Å²) in [5.41, 5.74) is 0. The molecule has 0 spiro atoms. The van der Waals surface area contributed by atoms with Crippen LogP contribution in [0.3, 0.4) is 0 Å². The fourth-order valence-corrected chi connectivity index (χ4v) is 3.27. The van der Waals surface area contributed by atoms with Gasteiger partial charge in [0.1, 0.15) is 0 Å². The first-order valence-corrected chi connectivity index (χ1v) is 8.93. The molecule has 0 aromatic rings. The lowest BCUT2D eigenvalue weighted by Crippen LogP contribution is -2.39. The first-order chi connectivity index (χ1) is 11.1. The van der Waals surface area contributed by atoms with Crippen molar-refractivity contribution >= 4 is 35.5 Å². The molecule has 1 heterocycles. The van der Waals surface area contributed by atoms with Crippen LogP contribution in [0.25, 0.3) is 0 Å². The average Bonchev–Trinajstić information content (AvgIpc) is 3.11. The number of amides is 5. The van der Waals surface area contributed by atoms with Gasteiger partial charge in [-0.3, -0.25) is 19.3 Å². The number of thioether (sulfide) groups is 1. The number of nitrogens with zero attached hydrogens (tertiary/aromatic N) is 1. The van der Waals surface area contributed by atoms with E-state index in [2.05, 4.69) is 16.0 Å². The van der Waals surface area contributed by atoms with Gasteiger partial charge in [0.15, 0.2) is 0 Å². The maximum atomic E-state index is 11.7. The standard InChI is InChI=1S/C14H22N4O4S/c19-11(15-5-6-18-13(21)7-16-14(18)22)8-23-9-12(20)17-10-3-1-2-4-10/h10H,1-9H2,(H,15,19)(H,16,22)(H,17,20). The van der Waals surface area contributed by atoms with Gasteiger partial charge in [0, 0.05) is 19.1 Å². The highest BCUT2D eigenvalue weighted by atomic mass is 32.2. The van der Waals surface area contributed by atoms with Crippen molar-refractivity contribution in [3.05, 3.63) is 0 Å². The molecule has 2 rings (SSSR count). The zero-order valence-electron chi connectivity index (χ0n) is 12.9. The number of carbonyl (C=O) groups excluding carboxylic acids is 4. The van der Waals surface area contributed by atoms with Crippen LogP contribution in [0.2, 0.25) is 0 Å². The molecule has 0 bridgehead atoms. The maximum Gasteiger partial charge on any atom is 0.324 e. The normalized spacial score (nSPS) is 18.2. The van der Waals surface area contributed by atoms with E-state index >= 15 is 0 Å². The van der Waals surface area contributed by atoms with Crippen molar-refractivity contribution in [1.82, 2.24) is 20.9 Å². The number of nitrogens with one attached hydrogen (secondary N) is 3. The molecule has 23 heavy (non-hydrogen) atoms. The molecule has 0 unspecified atom stereocenters. The second-order valence-electron chi connectivity index (χ2n) is 5.60. The van der Waals surface area contributed by atoms with Crippen LogP contribution in [0, 0.1) is 0 Å². The van der Waals surface area contributed by atoms with Crippen molar-refractivity contribution in [3.8, 4) is 0 Å². The van der Waals surface area contributed by atoms with E-state index in [1.165, 1.54) is 11.8 Å². The molecule has 3 N–H and O–H groups in total. The van der Waals surface area contributed by atoms with Gasteiger partial charge >= 0.3 is 6.03 Å². The SMILES string of the molecule is O=C(CSCC(=O)NC1CCCC1)NCCN1C(=O)CNC1=O. The Balaban J connectivity index is 1.52. The minimum Gasteiger partial charge on any atom is -0.354 e. The molecule has 128 valence electrons. The molecule has 0 atom stereocenters. The number of urea groups is 1. The molecule has 8 nitrogen and oxygen atoms in total. The smallest absolute Gasteiger partial charge is 0.324 e. The summed E-state index contributed by atoms with van der Waals surface area (Å²) >= 11 is 1.25. The summed E-state index contributed by atoms with van der Waals surface area (Å²) in [4.78, 5) is 47.0. The summed E-state index contributed by atoms with van der Waals surface area (Å²) in [5, 5.41) is 8.00. The summed E-state index contributed by atoms with van der Waals surface area (Å²) in [6.07, 6.45) is 4.41. The van der Waals surface area contributed by atoms with E-state index in [-0.39, 0.29) is 48.9 Å². The molecule has 1 saturated carbocycles. The summed E-state index contributed by atoms with van der Waals surface area (Å²) < 4.78 is 0. The Morgan fingerprint density at radius 3 is 2.52 bits per heavy atom. The quantitative estimate of drug-likeness (QED) is 0.513. The van der Waals surface area contributed by atoms with E-state index in [9.17, 15) is 19.2 Å². The van der Waals surface area contributed by atoms with Crippen LogP contribution in [0.15, 0.2) is 0 Å². The number of hydrogen-bond acceptors (Lipinski definition) is 5. The van der Waals surface area contributed by atoms with Gasteiger partial charge in [0.2, 0.25) is 17.7 Å². The van der Waals surface area contributed by atoms with E-state index in [0.717, 1.165) is 30.6 Å². The first kappa shape index (κ1) is 17.6. The molecular weight excluding hydrogens is 320 g/mol. The third-order valence-electron chi connectivity index (χ3n) is 3.78. The molecule has 5 amide bonds. The van der Waals surface area contributed by atoms with Crippen molar-refractivity contribution < 1.29 is 19.2 Å². The summed E-state index contributed by atoms with van der Waals surface area (Å²) in [7, 11) is 0. The van der Waals surface area contributed by atoms with Crippen molar-refractivity contribution in [3.63, 3.8) is 0 Å². The van der Waals surface area contributed by atoms with E-state index in [0.29, 0.717) is 6.04 Å². The van der Waals surface area contributed by atoms with Gasteiger partial charge in [-0.15, -0.1) is 11.8 Å². The molecule has 0 radical (unpaired) electrons. The largest absolute Gasteiger partial charge is 0.354 e. The number of rotatable bonds is 8. The van der Waals surface area contributed by atoms with Gasteiger partial charge in [0.05, 0.1) is 18.1 Å². The topological polar surface area (TPSA) is 108 Å². The van der Waals surface area contributed by atoms with Gasteiger partial charge in [0.25, 0.3) is 0 Å². The minimum atomic E-state index is -0.429. The first-order valence-electron chi connectivity index (χ1n) is 7.78. The van der Waals surface area contributed by atoms with Crippen LogP contribution in [-0.2, 0) is 14.4 Å². The number of hydrogen-bond donors (Lipinski definition) is 3. The highest BCUT2D eigenvalue weighted by Crippen LogP contribution is 2.17. The molecular formula is C14H22N4O4S. The number of carbonyl (C=O) groups is 4. The summed E-state index contributed by atoms with van der Waals surface area (Å²) in [6.45, 7) is 0.384. The van der Waals surface area contributed by atoms with Gasteiger partial charge in [-0.05, 0) is 12.8 Å². The predicted molar refractivity (Wildman–Crippen MR) is 85.8 cm³/mol. The van der Waals surface area contributed by atoms with Crippen LogP contribution in [0.4, 0.5) is 4.79 Å². The predicted octanol–water partition coefficient (Wildman–Crippen LogP) is -0.554. The van der Waals surface area contributed by atoms with Gasteiger partial charge in [-0.1, -0.05) is 12.8 Å². The second kappa shape index (κ2) is 8.76. The Morgan fingerprint density at radius 1 is 1.17 bits per heavy atom. The fourth-order valence-electron chi connectivity index (χ4n) is 2.62. The molecule has 0 aromatic heterocycles. The van der Waals surface area contributed by atoms with Crippen LogP contribution in [-0.4, -0.2) is 65.8 Å². The van der Waals surface area contributed by atoms with Gasteiger partial charge in [-0.25, -0.2) is 4.79 Å². The third kappa shape index (κ3) is 5.74. The van der Waals surface area contributed by atoms with Crippen molar-refractivity contribution in [2.75, 3.05) is 31.1 Å². The van der Waals surface area contributed by atoms with E-state index in [1.807, 2.05) is 0 Å². The average molecular weight is 342 g/mol. The Bertz CT molecular complexity index is 463. The highest BCUT2D eigenvalue weighted by molar-refractivity contribution is 8.00. The Hall–Kier alpha value is -1.77. The van der Waals surface area contributed by atoms with Crippen LogP contribution >= 0.6 is 11.8 Å². The molecule has 2 aliphatic rings. The maximum absolute atomic E-state index is 11.7. The molecule has 1 saturated heterocycles. The summed E-state index contributed by atoms with van der Waals surface area (Å²) in [5.74, 6) is -0.0956. The lowest BCUT2D eigenvalue weighted by molar-refractivity contribution is -0.125. The van der Waals surface area contributed by atoms with Crippen molar-refractivity contribution in [1.29, 1.82) is 0 Å². The monoisotopic (exact) mass is 342 g/mol. The zero-order chi connectivity index (χ0) is 16.7. The lowest BCUT2D eigenvalue weighted by atomic mass is 10.2. The molecule has 9 heteroatoms. The number of imide groups is 1. The Morgan fingerprint density at radius 2 is 1.87 bits per heavy atom. The van der Waals surface area contributed by atoms with E-state index < -0.39 is 6.03 Å². The lowest BCUT2D eigenvalue weighted by Gasteiger charge is -2.13. The molecule has 1 aliphatic carbocycles. The Labute approximate surface area is 139 Å². The fraction of sp³-hybridized carbons (Fsp3) is 0.714. The van der Waals surface area contributed by atoms with Crippen LogP contribution in [0.5, 0.6) is 0 Å². The molecule has 0 aromatic carbocycles.